The predicted octanol–water partition coefficient (Wildman–Crippen LogP) is -1.57. The Bertz CT molecular complexity index is 119. The first-order chi connectivity index (χ1) is 3.30. The number of Topliss-reactive ketones (excluding diaryl/α,β-unsaturated/α-hetero) is 1. The van der Waals surface area contributed by atoms with E-state index in [2.05, 4.69) is 10.5 Å². The summed E-state index contributed by atoms with van der Waals surface area (Å²) in [6.45, 7) is 0. The maximum absolute atomic E-state index is 10.2. The Kier molecular flexibility index (Phi) is 0.796. The molecule has 0 saturated carbocycles. The van der Waals surface area contributed by atoms with E-state index in [0.717, 1.165) is 0 Å². The van der Waals surface area contributed by atoms with Crippen molar-refractivity contribution in [3.63, 3.8) is 0 Å². The van der Waals surface area contributed by atoms with Crippen molar-refractivity contribution < 1.29 is 4.79 Å². The number of nitrogens with one attached hydrogen (secondary N) is 1. The summed E-state index contributed by atoms with van der Waals surface area (Å²) in [6, 6.07) is 0. The molecule has 1 atom stereocenters. The van der Waals surface area contributed by atoms with Gasteiger partial charge in [0.05, 0.1) is 6.21 Å². The van der Waals surface area contributed by atoms with Crippen LogP contribution in [0.25, 0.3) is 0 Å². The highest BCUT2D eigenvalue weighted by atomic mass is 16.1. The minimum absolute atomic E-state index is 0.167. The van der Waals surface area contributed by atoms with Crippen molar-refractivity contribution in [3.8, 4) is 0 Å². The van der Waals surface area contributed by atoms with Crippen LogP contribution in [0, 0.1) is 0 Å². The summed E-state index contributed by atoms with van der Waals surface area (Å²) in [4.78, 5) is 10.2. The lowest BCUT2D eigenvalue weighted by atomic mass is 10.4. The number of hydrazone groups is 1. The maximum atomic E-state index is 10.2. The Labute approximate surface area is 40.4 Å². The van der Waals surface area contributed by atoms with Crippen molar-refractivity contribution in [2.24, 2.45) is 10.8 Å². The van der Waals surface area contributed by atoms with Gasteiger partial charge in [0, 0.05) is 0 Å². The number of ketones is 1. The Morgan fingerprint density at radius 2 is 2.71 bits per heavy atom. The lowest BCUT2D eigenvalue weighted by Gasteiger charge is -1.94. The molecule has 4 nitrogen and oxygen atoms in total. The second-order valence-electron chi connectivity index (χ2n) is 1.27. The smallest absolute Gasteiger partial charge is 0.213 e. The van der Waals surface area contributed by atoms with Crippen LogP contribution >= 0.6 is 0 Å². The van der Waals surface area contributed by atoms with E-state index in [0.29, 0.717) is 0 Å². The van der Waals surface area contributed by atoms with E-state index in [1.54, 1.807) is 0 Å². The van der Waals surface area contributed by atoms with E-state index >= 15 is 0 Å². The van der Waals surface area contributed by atoms with Crippen molar-refractivity contribution in [1.82, 2.24) is 5.43 Å². The molecule has 0 radical (unpaired) electrons. The number of hydrogen-bond donors (Lipinski definition) is 2. The second-order valence-corrected chi connectivity index (χ2v) is 1.27. The summed E-state index contributed by atoms with van der Waals surface area (Å²) in [5, 5.41) is 3.40. The summed E-state index contributed by atoms with van der Waals surface area (Å²) in [5.41, 5.74) is 7.46. The van der Waals surface area contributed by atoms with Gasteiger partial charge in [-0.15, -0.1) is 0 Å². The predicted molar refractivity (Wildman–Crippen MR) is 24.6 cm³/mol. The third kappa shape index (κ3) is 0.592. The maximum Gasteiger partial charge on any atom is 0.213 e. The van der Waals surface area contributed by atoms with Gasteiger partial charge in [0.15, 0.2) is 6.17 Å². The van der Waals surface area contributed by atoms with Crippen LogP contribution in [-0.4, -0.2) is 18.2 Å². The Morgan fingerprint density at radius 3 is 2.86 bits per heavy atom. The van der Waals surface area contributed by atoms with Crippen LogP contribution < -0.4 is 11.2 Å². The molecule has 0 spiro atoms. The van der Waals surface area contributed by atoms with Crippen LogP contribution in [0.15, 0.2) is 5.10 Å². The lowest BCUT2D eigenvalue weighted by molar-refractivity contribution is -0.113. The largest absolute Gasteiger partial charge is 0.304 e. The van der Waals surface area contributed by atoms with Crippen molar-refractivity contribution in [2.45, 2.75) is 6.17 Å². The molecule has 38 valence electrons. The molecule has 0 bridgehead atoms. The topological polar surface area (TPSA) is 67.5 Å². The van der Waals surface area contributed by atoms with Gasteiger partial charge < -0.3 is 5.73 Å². The van der Waals surface area contributed by atoms with Gasteiger partial charge in [0.2, 0.25) is 5.78 Å². The molecule has 1 unspecified atom stereocenters. The van der Waals surface area contributed by atoms with Crippen molar-refractivity contribution in [3.05, 3.63) is 0 Å². The first-order valence-electron chi connectivity index (χ1n) is 1.89. The molecule has 0 saturated heterocycles. The van der Waals surface area contributed by atoms with Crippen molar-refractivity contribution >= 4 is 12.0 Å². The number of carbonyl (C=O) groups is 1. The minimum Gasteiger partial charge on any atom is -0.304 e. The molecule has 1 aliphatic heterocycles. The highest BCUT2D eigenvalue weighted by Crippen LogP contribution is 1.80. The van der Waals surface area contributed by atoms with Crippen LogP contribution in [-0.2, 0) is 4.79 Å². The average molecular weight is 99.1 g/mol. The molecular weight excluding hydrogens is 94.1 g/mol. The molecule has 7 heavy (non-hydrogen) atoms. The third-order valence-corrected chi connectivity index (χ3v) is 0.712. The van der Waals surface area contributed by atoms with Gasteiger partial charge in [-0.05, 0) is 0 Å². The van der Waals surface area contributed by atoms with Gasteiger partial charge in [-0.1, -0.05) is 0 Å². The fourth-order valence-corrected chi connectivity index (χ4v) is 0.325. The van der Waals surface area contributed by atoms with E-state index in [4.69, 9.17) is 5.73 Å². The van der Waals surface area contributed by atoms with Crippen LogP contribution in [0.5, 0.6) is 0 Å². The van der Waals surface area contributed by atoms with Crippen LogP contribution in [0.1, 0.15) is 0 Å². The molecule has 1 heterocycles. The average Bonchev–Trinajstić information content (AvgIpc) is 1.91. The Hall–Kier alpha value is -0.900. The molecule has 0 amide bonds. The quantitative estimate of drug-likeness (QED) is 0.385. The molecule has 1 rings (SSSR count). The van der Waals surface area contributed by atoms with Crippen LogP contribution in [0.3, 0.4) is 0 Å². The summed E-state index contributed by atoms with van der Waals surface area (Å²) in [7, 11) is 0. The molecule has 0 aromatic heterocycles. The molecule has 0 aromatic carbocycles. The van der Waals surface area contributed by atoms with Crippen molar-refractivity contribution in [1.29, 1.82) is 0 Å². The molecular formula is C3H5N3O. The fourth-order valence-electron chi connectivity index (χ4n) is 0.325. The summed E-state index contributed by atoms with van der Waals surface area (Å²) in [5.74, 6) is -0.167. The highest BCUT2D eigenvalue weighted by Gasteiger charge is 2.13. The van der Waals surface area contributed by atoms with Crippen LogP contribution in [0.4, 0.5) is 0 Å². The normalized spacial score (nSPS) is 28.1. The zero-order valence-corrected chi connectivity index (χ0v) is 3.59. The molecule has 4 heteroatoms. The van der Waals surface area contributed by atoms with E-state index < -0.39 is 6.17 Å². The number of rotatable bonds is 0. The third-order valence-electron chi connectivity index (χ3n) is 0.712. The minimum atomic E-state index is -0.597. The van der Waals surface area contributed by atoms with Gasteiger partial charge >= 0.3 is 0 Å². The SMILES string of the molecule is NC1NN=CC1=O. The number of nitrogens with two attached hydrogens (primary N) is 1. The first kappa shape index (κ1) is 4.26. The monoisotopic (exact) mass is 99.0 g/mol. The summed E-state index contributed by atoms with van der Waals surface area (Å²) < 4.78 is 0. The Balaban J connectivity index is 2.62. The number of nitrogens with zero attached hydrogens (tertiary/aromatic N) is 1. The Morgan fingerprint density at radius 1 is 2.00 bits per heavy atom. The summed E-state index contributed by atoms with van der Waals surface area (Å²) >= 11 is 0. The second kappa shape index (κ2) is 1.31. The standard InChI is InChI=1S/C3H5N3O/c4-3-2(7)1-5-6-3/h1,3,6H,4H2. The van der Waals surface area contributed by atoms with Gasteiger partial charge in [0.25, 0.3) is 0 Å². The molecule has 0 fully saturated rings. The highest BCUT2D eigenvalue weighted by molar-refractivity contribution is 6.30. The molecule has 1 aliphatic rings. The zero-order valence-electron chi connectivity index (χ0n) is 3.59. The van der Waals surface area contributed by atoms with Crippen LogP contribution in [0.2, 0.25) is 0 Å². The van der Waals surface area contributed by atoms with E-state index in [9.17, 15) is 4.79 Å². The lowest BCUT2D eigenvalue weighted by Crippen LogP contribution is -2.36. The fraction of sp³-hybridized carbons (Fsp3) is 0.333. The summed E-state index contributed by atoms with van der Waals surface area (Å²) in [6.07, 6.45) is 0.574. The van der Waals surface area contributed by atoms with Gasteiger partial charge in [-0.2, -0.15) is 5.10 Å². The van der Waals surface area contributed by atoms with Gasteiger partial charge in [-0.25, -0.2) is 0 Å². The van der Waals surface area contributed by atoms with E-state index in [1.807, 2.05) is 0 Å². The molecule has 0 aromatic rings. The van der Waals surface area contributed by atoms with Crippen molar-refractivity contribution in [2.75, 3.05) is 0 Å². The first-order valence-corrected chi connectivity index (χ1v) is 1.89. The van der Waals surface area contributed by atoms with Gasteiger partial charge in [0.1, 0.15) is 0 Å². The zero-order chi connectivity index (χ0) is 5.28. The van der Waals surface area contributed by atoms with Gasteiger partial charge in [-0.3, -0.25) is 10.2 Å². The molecule has 0 aliphatic carbocycles. The molecule has 3 N–H and O–H groups in total. The van der Waals surface area contributed by atoms with E-state index in [-0.39, 0.29) is 5.78 Å². The number of carbonyl (C=O) groups excluding carboxylic acids is 1. The number of hydrogen-bond acceptors (Lipinski definition) is 4. The van der Waals surface area contributed by atoms with E-state index in [1.165, 1.54) is 6.21 Å².